The second-order valence-electron chi connectivity index (χ2n) is 3.97. The molecule has 1 aliphatic rings. The van der Waals surface area contributed by atoms with Crippen molar-refractivity contribution in [3.8, 4) is 0 Å². The maximum Gasteiger partial charge on any atom is 0.191 e. The molecule has 4 heteroatoms. The summed E-state index contributed by atoms with van der Waals surface area (Å²) in [5, 5.41) is 6.56. The number of aliphatic imine (C=N–C) groups is 1. The minimum absolute atomic E-state index is 0.591. The topological polar surface area (TPSA) is 49.6 Å². The van der Waals surface area contributed by atoms with Crippen LogP contribution >= 0.6 is 0 Å². The van der Waals surface area contributed by atoms with Crippen molar-refractivity contribution in [2.75, 3.05) is 7.05 Å². The summed E-state index contributed by atoms with van der Waals surface area (Å²) < 4.78 is 5.22. The van der Waals surface area contributed by atoms with E-state index < -0.39 is 0 Å². The maximum absolute atomic E-state index is 5.22. The number of rotatable bonds is 3. The maximum atomic E-state index is 5.22. The van der Waals surface area contributed by atoms with Gasteiger partial charge < -0.3 is 15.1 Å². The molecule has 1 aliphatic carbocycles. The fraction of sp³-hybridized carbons (Fsp3) is 0.545. The third-order valence-electron chi connectivity index (χ3n) is 2.67. The second-order valence-corrected chi connectivity index (χ2v) is 3.97. The molecule has 2 N–H and O–H groups in total. The highest BCUT2D eigenvalue weighted by Crippen LogP contribution is 2.28. The highest BCUT2D eigenvalue weighted by molar-refractivity contribution is 5.80. The molecule has 2 atom stereocenters. The molecule has 0 aromatic carbocycles. The van der Waals surface area contributed by atoms with Gasteiger partial charge in [-0.05, 0) is 24.5 Å². The number of nitrogens with zero attached hydrogens (tertiary/aromatic N) is 1. The van der Waals surface area contributed by atoms with Crippen molar-refractivity contribution >= 4 is 5.96 Å². The third kappa shape index (κ3) is 2.75. The molecule has 1 heterocycles. The summed E-state index contributed by atoms with van der Waals surface area (Å²) in [6.45, 7) is 2.91. The van der Waals surface area contributed by atoms with Crippen LogP contribution in [0, 0.1) is 5.92 Å². The van der Waals surface area contributed by atoms with Crippen LogP contribution in [-0.4, -0.2) is 19.0 Å². The molecule has 0 radical (unpaired) electrons. The zero-order chi connectivity index (χ0) is 10.7. The molecule has 1 fully saturated rings. The Morgan fingerprint density at radius 3 is 3.00 bits per heavy atom. The van der Waals surface area contributed by atoms with Crippen LogP contribution in [0.4, 0.5) is 0 Å². The first kappa shape index (κ1) is 10.1. The van der Waals surface area contributed by atoms with E-state index in [0.717, 1.165) is 17.6 Å². The second kappa shape index (κ2) is 4.38. The molecule has 4 nitrogen and oxygen atoms in total. The summed E-state index contributed by atoms with van der Waals surface area (Å²) in [5.41, 5.74) is 0. The summed E-state index contributed by atoms with van der Waals surface area (Å²) in [6.07, 6.45) is 2.91. The van der Waals surface area contributed by atoms with E-state index >= 15 is 0 Å². The van der Waals surface area contributed by atoms with E-state index in [1.165, 1.54) is 6.42 Å². The summed E-state index contributed by atoms with van der Waals surface area (Å²) in [4.78, 5) is 4.15. The van der Waals surface area contributed by atoms with Gasteiger partial charge in [-0.15, -0.1) is 0 Å². The Balaban J connectivity index is 1.76. The van der Waals surface area contributed by atoms with Gasteiger partial charge in [0.2, 0.25) is 0 Å². The van der Waals surface area contributed by atoms with Gasteiger partial charge in [-0.25, -0.2) is 0 Å². The number of guanidine groups is 1. The Morgan fingerprint density at radius 2 is 2.47 bits per heavy atom. The van der Waals surface area contributed by atoms with E-state index in [4.69, 9.17) is 4.42 Å². The van der Waals surface area contributed by atoms with E-state index in [-0.39, 0.29) is 0 Å². The minimum Gasteiger partial charge on any atom is -0.467 e. The molecule has 0 bridgehead atoms. The molecule has 2 rings (SSSR count). The first-order valence-electron chi connectivity index (χ1n) is 5.29. The van der Waals surface area contributed by atoms with Crippen LogP contribution in [0.25, 0.3) is 0 Å². The summed E-state index contributed by atoms with van der Waals surface area (Å²) in [6, 6.07) is 4.42. The van der Waals surface area contributed by atoms with Crippen LogP contribution in [0.2, 0.25) is 0 Å². The van der Waals surface area contributed by atoms with Crippen LogP contribution in [0.3, 0.4) is 0 Å². The van der Waals surface area contributed by atoms with Crippen molar-refractivity contribution in [2.24, 2.45) is 10.9 Å². The minimum atomic E-state index is 0.591. The Labute approximate surface area is 89.8 Å². The van der Waals surface area contributed by atoms with Crippen LogP contribution in [-0.2, 0) is 6.54 Å². The molecule has 0 amide bonds. The normalized spacial score (nSPS) is 25.1. The molecule has 0 saturated heterocycles. The van der Waals surface area contributed by atoms with E-state index in [9.17, 15) is 0 Å². The molecule has 2 unspecified atom stereocenters. The quantitative estimate of drug-likeness (QED) is 0.581. The Hall–Kier alpha value is -1.45. The molecular formula is C11H17N3O. The van der Waals surface area contributed by atoms with Crippen molar-refractivity contribution in [3.63, 3.8) is 0 Å². The molecule has 0 aliphatic heterocycles. The standard InChI is InChI=1S/C11H17N3O/c1-8-6-10(8)14-11(12-2)13-7-9-4-3-5-15-9/h3-5,8,10H,6-7H2,1-2H3,(H2,12,13,14). The zero-order valence-corrected chi connectivity index (χ0v) is 9.16. The Morgan fingerprint density at radius 1 is 1.67 bits per heavy atom. The van der Waals surface area contributed by atoms with Crippen LogP contribution in [0.15, 0.2) is 27.8 Å². The zero-order valence-electron chi connectivity index (χ0n) is 9.16. The molecule has 82 valence electrons. The lowest BCUT2D eigenvalue weighted by atomic mass is 10.4. The van der Waals surface area contributed by atoms with Crippen LogP contribution in [0.1, 0.15) is 19.1 Å². The van der Waals surface area contributed by atoms with E-state index in [1.807, 2.05) is 12.1 Å². The number of furan rings is 1. The lowest BCUT2D eigenvalue weighted by Crippen LogP contribution is -2.38. The predicted molar refractivity (Wildman–Crippen MR) is 59.6 cm³/mol. The molecular weight excluding hydrogens is 190 g/mol. The van der Waals surface area contributed by atoms with Gasteiger partial charge in [-0.2, -0.15) is 0 Å². The molecule has 1 saturated carbocycles. The SMILES string of the molecule is CN=C(NCc1ccco1)NC1CC1C. The fourth-order valence-electron chi connectivity index (χ4n) is 1.48. The average Bonchev–Trinajstić information content (AvgIpc) is 2.74. The van der Waals surface area contributed by atoms with Gasteiger partial charge in [0.25, 0.3) is 0 Å². The number of hydrogen-bond donors (Lipinski definition) is 2. The van der Waals surface area contributed by atoms with E-state index in [0.29, 0.717) is 12.6 Å². The van der Waals surface area contributed by atoms with Gasteiger partial charge in [-0.1, -0.05) is 6.92 Å². The predicted octanol–water partition coefficient (Wildman–Crippen LogP) is 1.35. The summed E-state index contributed by atoms with van der Waals surface area (Å²) in [5.74, 6) is 2.54. The number of nitrogens with one attached hydrogen (secondary N) is 2. The fourth-order valence-corrected chi connectivity index (χ4v) is 1.48. The monoisotopic (exact) mass is 207 g/mol. The van der Waals surface area contributed by atoms with Crippen molar-refractivity contribution < 1.29 is 4.42 Å². The van der Waals surface area contributed by atoms with Gasteiger partial charge in [-0.3, -0.25) is 4.99 Å². The van der Waals surface area contributed by atoms with Gasteiger partial charge in [0.1, 0.15) is 5.76 Å². The molecule has 1 aromatic heterocycles. The van der Waals surface area contributed by atoms with Crippen molar-refractivity contribution in [1.82, 2.24) is 10.6 Å². The van der Waals surface area contributed by atoms with Crippen LogP contribution in [0.5, 0.6) is 0 Å². The largest absolute Gasteiger partial charge is 0.467 e. The highest BCUT2D eigenvalue weighted by atomic mass is 16.3. The van der Waals surface area contributed by atoms with Crippen LogP contribution < -0.4 is 10.6 Å². The Kier molecular flexibility index (Phi) is 2.94. The molecule has 15 heavy (non-hydrogen) atoms. The molecule has 1 aromatic rings. The number of hydrogen-bond acceptors (Lipinski definition) is 2. The lowest BCUT2D eigenvalue weighted by Gasteiger charge is -2.09. The summed E-state index contributed by atoms with van der Waals surface area (Å²) >= 11 is 0. The smallest absolute Gasteiger partial charge is 0.191 e. The van der Waals surface area contributed by atoms with E-state index in [1.54, 1.807) is 13.3 Å². The third-order valence-corrected chi connectivity index (χ3v) is 2.67. The van der Waals surface area contributed by atoms with Gasteiger partial charge >= 0.3 is 0 Å². The highest BCUT2D eigenvalue weighted by Gasteiger charge is 2.33. The Bertz CT molecular complexity index is 332. The van der Waals surface area contributed by atoms with Gasteiger partial charge in [0.05, 0.1) is 12.8 Å². The van der Waals surface area contributed by atoms with Crippen molar-refractivity contribution in [2.45, 2.75) is 25.9 Å². The first-order chi connectivity index (χ1) is 7.29. The van der Waals surface area contributed by atoms with Gasteiger partial charge in [0, 0.05) is 13.1 Å². The first-order valence-corrected chi connectivity index (χ1v) is 5.29. The summed E-state index contributed by atoms with van der Waals surface area (Å²) in [7, 11) is 1.78. The average molecular weight is 207 g/mol. The van der Waals surface area contributed by atoms with Gasteiger partial charge in [0.15, 0.2) is 5.96 Å². The van der Waals surface area contributed by atoms with Crippen molar-refractivity contribution in [3.05, 3.63) is 24.2 Å². The molecule has 0 spiro atoms. The van der Waals surface area contributed by atoms with E-state index in [2.05, 4.69) is 22.5 Å². The lowest BCUT2D eigenvalue weighted by molar-refractivity contribution is 0.501. The van der Waals surface area contributed by atoms with Crippen molar-refractivity contribution in [1.29, 1.82) is 0 Å².